The second-order valence-electron chi connectivity index (χ2n) is 6.89. The molecule has 6 nitrogen and oxygen atoms in total. The summed E-state index contributed by atoms with van der Waals surface area (Å²) < 4.78 is 32.4. The Bertz CT molecular complexity index is 1020. The lowest BCUT2D eigenvalue weighted by atomic mass is 10.0. The van der Waals surface area contributed by atoms with Crippen molar-refractivity contribution in [2.45, 2.75) is 22.3 Å². The van der Waals surface area contributed by atoms with Crippen LogP contribution in [0.4, 0.5) is 0 Å². The first-order valence-corrected chi connectivity index (χ1v) is 12.2. The summed E-state index contributed by atoms with van der Waals surface area (Å²) in [6.07, 6.45) is 0.787. The molecule has 4 rings (SSSR count). The van der Waals surface area contributed by atoms with Crippen LogP contribution in [-0.4, -0.2) is 50.7 Å². The van der Waals surface area contributed by atoms with Crippen LogP contribution in [0, 0.1) is 0 Å². The second kappa shape index (κ2) is 8.65. The van der Waals surface area contributed by atoms with Crippen LogP contribution < -0.4 is 5.32 Å². The number of nitrogens with zero attached hydrogens (tertiary/aromatic N) is 1. The number of hydrogen-bond acceptors (Lipinski definition) is 5. The first-order chi connectivity index (χ1) is 13.9. The van der Waals surface area contributed by atoms with Crippen LogP contribution in [0.15, 0.2) is 52.3 Å². The monoisotopic (exact) mass is 452 g/mol. The minimum Gasteiger partial charge on any atom is -0.379 e. The number of morpholine rings is 1. The third kappa shape index (κ3) is 4.46. The summed E-state index contributed by atoms with van der Waals surface area (Å²) >= 11 is 7.88. The molecule has 2 aromatic rings. The van der Waals surface area contributed by atoms with E-state index >= 15 is 0 Å². The fraction of sp³-hybridized carbons (Fsp3) is 0.350. The van der Waals surface area contributed by atoms with E-state index in [1.54, 1.807) is 23.9 Å². The molecular weight excluding hydrogens is 432 g/mol. The van der Waals surface area contributed by atoms with Gasteiger partial charge in [0.2, 0.25) is 10.0 Å². The summed E-state index contributed by atoms with van der Waals surface area (Å²) in [6.45, 7) is 1.38. The normalized spacial score (nSPS) is 20.1. The predicted octanol–water partition coefficient (Wildman–Crippen LogP) is 3.33. The van der Waals surface area contributed by atoms with Crippen LogP contribution >= 0.6 is 23.4 Å². The molecule has 1 N–H and O–H groups in total. The molecule has 0 radical (unpaired) electrons. The SMILES string of the molecule is O=C(N[C@@H]1CCSc2ccc(Cl)cc21)c1cccc(S(=O)(=O)N2CCOCC2)c1. The molecule has 0 aromatic heterocycles. The zero-order chi connectivity index (χ0) is 20.4. The number of nitrogens with one attached hydrogen (secondary N) is 1. The summed E-state index contributed by atoms with van der Waals surface area (Å²) in [5.74, 6) is 0.595. The molecule has 1 saturated heterocycles. The lowest BCUT2D eigenvalue weighted by Crippen LogP contribution is -2.40. The summed E-state index contributed by atoms with van der Waals surface area (Å²) in [4.78, 5) is 14.1. The molecule has 0 saturated carbocycles. The number of rotatable bonds is 4. The van der Waals surface area contributed by atoms with Crippen LogP contribution in [0.25, 0.3) is 0 Å². The minimum atomic E-state index is -3.65. The van der Waals surface area contributed by atoms with Gasteiger partial charge in [-0.3, -0.25) is 4.79 Å². The number of fused-ring (bicyclic) bond motifs is 1. The fourth-order valence-corrected chi connectivity index (χ4v) is 6.23. The van der Waals surface area contributed by atoms with Gasteiger partial charge in [-0.05, 0) is 48.4 Å². The second-order valence-corrected chi connectivity index (χ2v) is 10.4. The van der Waals surface area contributed by atoms with Crippen molar-refractivity contribution in [2.24, 2.45) is 0 Å². The highest BCUT2D eigenvalue weighted by Gasteiger charge is 2.28. The van der Waals surface area contributed by atoms with E-state index < -0.39 is 10.0 Å². The third-order valence-electron chi connectivity index (χ3n) is 5.02. The van der Waals surface area contributed by atoms with Gasteiger partial charge >= 0.3 is 0 Å². The van der Waals surface area contributed by atoms with Gasteiger partial charge < -0.3 is 10.1 Å². The van der Waals surface area contributed by atoms with E-state index in [1.807, 2.05) is 18.2 Å². The smallest absolute Gasteiger partial charge is 0.251 e. The molecule has 0 spiro atoms. The first kappa shape index (κ1) is 20.7. The Morgan fingerprint density at radius 1 is 1.17 bits per heavy atom. The number of halogens is 1. The van der Waals surface area contributed by atoms with Gasteiger partial charge in [-0.25, -0.2) is 8.42 Å². The molecule has 2 aromatic carbocycles. The number of carbonyl (C=O) groups is 1. The Morgan fingerprint density at radius 3 is 2.76 bits per heavy atom. The van der Waals surface area contributed by atoms with E-state index in [-0.39, 0.29) is 16.8 Å². The maximum absolute atomic E-state index is 12.9. The van der Waals surface area contributed by atoms with Crippen molar-refractivity contribution < 1.29 is 17.9 Å². The van der Waals surface area contributed by atoms with E-state index in [4.69, 9.17) is 16.3 Å². The lowest BCUT2D eigenvalue weighted by molar-refractivity contribution is 0.0730. The van der Waals surface area contributed by atoms with Crippen molar-refractivity contribution in [3.05, 3.63) is 58.6 Å². The van der Waals surface area contributed by atoms with Gasteiger partial charge in [-0.2, -0.15) is 4.31 Å². The molecule has 2 aliphatic rings. The lowest BCUT2D eigenvalue weighted by Gasteiger charge is -2.27. The van der Waals surface area contributed by atoms with Gasteiger partial charge in [0.05, 0.1) is 24.2 Å². The highest BCUT2D eigenvalue weighted by Crippen LogP contribution is 2.37. The molecule has 9 heteroatoms. The topological polar surface area (TPSA) is 75.7 Å². The molecule has 1 fully saturated rings. The largest absolute Gasteiger partial charge is 0.379 e. The van der Waals surface area contributed by atoms with E-state index in [9.17, 15) is 13.2 Å². The average Bonchev–Trinajstić information content (AvgIpc) is 2.75. The molecule has 0 unspecified atom stereocenters. The van der Waals surface area contributed by atoms with E-state index in [0.717, 1.165) is 22.6 Å². The maximum Gasteiger partial charge on any atom is 0.251 e. The van der Waals surface area contributed by atoms with E-state index in [1.165, 1.54) is 16.4 Å². The number of carbonyl (C=O) groups excluding carboxylic acids is 1. The van der Waals surface area contributed by atoms with Crippen molar-refractivity contribution in [3.63, 3.8) is 0 Å². The molecule has 0 bridgehead atoms. The molecule has 29 heavy (non-hydrogen) atoms. The summed E-state index contributed by atoms with van der Waals surface area (Å²) in [5, 5.41) is 3.67. The first-order valence-electron chi connectivity index (χ1n) is 9.36. The van der Waals surface area contributed by atoms with Gasteiger partial charge in [-0.1, -0.05) is 17.7 Å². The molecule has 1 atom stereocenters. The Labute approximate surface area is 179 Å². The van der Waals surface area contributed by atoms with Crippen molar-refractivity contribution in [3.8, 4) is 0 Å². The molecular formula is C20H21ClN2O4S2. The summed E-state index contributed by atoms with van der Waals surface area (Å²) in [7, 11) is -3.65. The van der Waals surface area contributed by atoms with E-state index in [2.05, 4.69) is 5.32 Å². The summed E-state index contributed by atoms with van der Waals surface area (Å²) in [6, 6.07) is 11.7. The Balaban J connectivity index is 1.55. The van der Waals surface area contributed by atoms with Crippen LogP contribution in [0.5, 0.6) is 0 Å². The highest BCUT2D eigenvalue weighted by atomic mass is 35.5. The number of hydrogen-bond donors (Lipinski definition) is 1. The zero-order valence-electron chi connectivity index (χ0n) is 15.6. The maximum atomic E-state index is 12.9. The van der Waals surface area contributed by atoms with Crippen LogP contribution in [0.2, 0.25) is 5.02 Å². The van der Waals surface area contributed by atoms with Gasteiger partial charge in [0.25, 0.3) is 5.91 Å². The van der Waals surface area contributed by atoms with Crippen LogP contribution in [-0.2, 0) is 14.8 Å². The number of amides is 1. The van der Waals surface area contributed by atoms with E-state index in [0.29, 0.717) is 36.9 Å². The fourth-order valence-electron chi connectivity index (χ4n) is 3.49. The van der Waals surface area contributed by atoms with Crippen molar-refractivity contribution >= 4 is 39.3 Å². The molecule has 1 amide bonds. The third-order valence-corrected chi connectivity index (χ3v) is 8.27. The molecule has 0 aliphatic carbocycles. The van der Waals surface area contributed by atoms with Crippen molar-refractivity contribution in [1.82, 2.24) is 9.62 Å². The Hall–Kier alpha value is -1.58. The Morgan fingerprint density at radius 2 is 1.97 bits per heavy atom. The van der Waals surface area contributed by atoms with Crippen molar-refractivity contribution in [2.75, 3.05) is 32.1 Å². The predicted molar refractivity (Wildman–Crippen MR) is 113 cm³/mol. The van der Waals surface area contributed by atoms with Crippen LogP contribution in [0.3, 0.4) is 0 Å². The molecule has 2 heterocycles. The highest BCUT2D eigenvalue weighted by molar-refractivity contribution is 7.99. The quantitative estimate of drug-likeness (QED) is 0.770. The average molecular weight is 453 g/mol. The summed E-state index contributed by atoms with van der Waals surface area (Å²) in [5.41, 5.74) is 1.32. The Kier molecular flexibility index (Phi) is 6.17. The van der Waals surface area contributed by atoms with Crippen molar-refractivity contribution in [1.29, 1.82) is 0 Å². The molecule has 2 aliphatic heterocycles. The zero-order valence-corrected chi connectivity index (χ0v) is 18.0. The van der Waals surface area contributed by atoms with Crippen LogP contribution in [0.1, 0.15) is 28.4 Å². The minimum absolute atomic E-state index is 0.120. The van der Waals surface area contributed by atoms with Gasteiger partial charge in [0.1, 0.15) is 0 Å². The number of ether oxygens (including phenoxy) is 1. The number of thioether (sulfide) groups is 1. The van der Waals surface area contributed by atoms with Gasteiger partial charge in [0.15, 0.2) is 0 Å². The van der Waals surface area contributed by atoms with Gasteiger partial charge in [-0.15, -0.1) is 11.8 Å². The number of sulfonamides is 1. The number of benzene rings is 2. The standard InChI is InChI=1S/C20H21ClN2O4S2/c21-15-4-5-19-17(13-15)18(6-11-28-19)22-20(24)14-2-1-3-16(12-14)29(25,26)23-7-9-27-10-8-23/h1-5,12-13,18H,6-11H2,(H,22,24)/t18-/m1/s1. The van der Waals surface area contributed by atoms with Gasteiger partial charge in [0, 0.05) is 34.3 Å². The molecule has 154 valence electrons.